The molecule has 9 rings (SSSR count). The number of nitrogens with zero attached hydrogens (tertiary/aromatic N) is 2. The van der Waals surface area contributed by atoms with Crippen LogP contribution in [-0.2, 0) is 24.5 Å². The van der Waals surface area contributed by atoms with Crippen LogP contribution < -0.4 is 23.7 Å². The first kappa shape index (κ1) is 32.8. The number of Topliss-reactive ketones (excluding diaryl/α,β-unsaturated/α-hetero) is 1. The van der Waals surface area contributed by atoms with Crippen molar-refractivity contribution in [2.24, 2.45) is 0 Å². The molecule has 0 N–H and O–H groups in total. The number of fused-ring (bicyclic) bond motifs is 3. The number of hydrogen-bond acceptors (Lipinski definition) is 8. The number of ketones is 1. The Bertz CT molecular complexity index is 2620. The number of thiazole rings is 1. The molecule has 2 aliphatic rings. The standard InChI is InChI=1S/C44H32N2O5S2/c1-48-33-13-16-38-40(21-33)53-42(46(38)25-30-17-18-49-26-30)23-36-43(47)35(44(36)52)22-41-45(24-29-11-12-31-9-5-6-10-32(31)19-29)37-15-14-34(20-39(37)51-41)50-27-28-7-3-2-4-8-28/h2-23,26H,24-25,27H2,1H3/p+1. The molecule has 0 radical (unpaired) electrons. The number of carbonyl (C=O) groups excluding carboxylic acids is 1. The molecule has 2 aromatic heterocycles. The summed E-state index contributed by atoms with van der Waals surface area (Å²) in [5.74, 6) is 2.59. The highest BCUT2D eigenvalue weighted by molar-refractivity contribution is 7.85. The molecule has 7 nitrogen and oxygen atoms in total. The number of furan rings is 1. The van der Waals surface area contributed by atoms with Crippen molar-refractivity contribution in [3.05, 3.63) is 177 Å². The Morgan fingerprint density at radius 3 is 2.47 bits per heavy atom. The van der Waals surface area contributed by atoms with Crippen LogP contribution in [0.1, 0.15) is 21.7 Å². The fourth-order valence-corrected chi connectivity index (χ4v) is 8.18. The second-order valence-corrected chi connectivity index (χ2v) is 14.4. The summed E-state index contributed by atoms with van der Waals surface area (Å²) in [5.41, 5.74) is 6.19. The van der Waals surface area contributed by atoms with E-state index in [0.29, 0.717) is 53.1 Å². The second-order valence-electron chi connectivity index (χ2n) is 12.9. The molecule has 260 valence electrons. The lowest BCUT2D eigenvalue weighted by atomic mass is 9.89. The molecule has 7 aromatic rings. The van der Waals surface area contributed by atoms with Gasteiger partial charge in [0.2, 0.25) is 11.4 Å². The van der Waals surface area contributed by atoms with Crippen molar-refractivity contribution in [1.82, 2.24) is 0 Å². The van der Waals surface area contributed by atoms with Crippen LogP contribution in [0.2, 0.25) is 0 Å². The van der Waals surface area contributed by atoms with E-state index in [1.807, 2.05) is 97.1 Å². The van der Waals surface area contributed by atoms with Crippen LogP contribution in [-0.4, -0.2) is 12.9 Å². The largest absolute Gasteiger partial charge is 0.497 e. The van der Waals surface area contributed by atoms with E-state index in [1.54, 1.807) is 31.0 Å². The molecule has 53 heavy (non-hydrogen) atoms. The summed E-state index contributed by atoms with van der Waals surface area (Å²) in [7, 11) is 1.66. The molecule has 0 spiro atoms. The van der Waals surface area contributed by atoms with Gasteiger partial charge in [0.1, 0.15) is 22.8 Å². The summed E-state index contributed by atoms with van der Waals surface area (Å²) in [6, 6.07) is 38.7. The zero-order chi connectivity index (χ0) is 35.9. The van der Waals surface area contributed by atoms with Gasteiger partial charge in [0, 0.05) is 46.4 Å². The summed E-state index contributed by atoms with van der Waals surface area (Å²) >= 11 is 6.47. The maximum atomic E-state index is 13.9. The average molecular weight is 734 g/mol. The SMILES string of the molecule is COc1ccc2c(c1)sc(/C=C1/C(=O)C(/C=C3/Oc4cc(OCc5ccccc5)ccc4N3Cc3ccc4ccccc4c3)=C1S)[n+]2Cc1ccoc1. The van der Waals surface area contributed by atoms with Gasteiger partial charge in [-0.3, -0.25) is 4.79 Å². The molecule has 0 atom stereocenters. The highest BCUT2D eigenvalue weighted by Crippen LogP contribution is 2.45. The zero-order valence-electron chi connectivity index (χ0n) is 28.7. The van der Waals surface area contributed by atoms with Gasteiger partial charge in [0.25, 0.3) is 5.01 Å². The Labute approximate surface area is 315 Å². The van der Waals surface area contributed by atoms with Crippen molar-refractivity contribution in [2.75, 3.05) is 12.0 Å². The average Bonchev–Trinajstić information content (AvgIpc) is 3.93. The number of carbonyl (C=O) groups is 1. The van der Waals surface area contributed by atoms with Crippen LogP contribution in [0.25, 0.3) is 27.1 Å². The number of benzene rings is 5. The fourth-order valence-electron chi connectivity index (χ4n) is 6.71. The summed E-state index contributed by atoms with van der Waals surface area (Å²) in [6.07, 6.45) is 7.14. The topological polar surface area (TPSA) is 65.0 Å². The summed E-state index contributed by atoms with van der Waals surface area (Å²) in [5, 5.41) is 3.26. The lowest BCUT2D eigenvalue weighted by Crippen LogP contribution is -2.36. The molecule has 3 heterocycles. The van der Waals surface area contributed by atoms with Gasteiger partial charge in [-0.15, -0.1) is 12.6 Å². The van der Waals surface area contributed by atoms with Crippen LogP contribution in [0.15, 0.2) is 160 Å². The summed E-state index contributed by atoms with van der Waals surface area (Å²) < 4.78 is 26.7. The van der Waals surface area contributed by atoms with E-state index in [-0.39, 0.29) is 5.78 Å². The van der Waals surface area contributed by atoms with Crippen LogP contribution >= 0.6 is 24.0 Å². The lowest BCUT2D eigenvalue weighted by Gasteiger charge is -2.23. The Balaban J connectivity index is 1.06. The predicted molar refractivity (Wildman–Crippen MR) is 211 cm³/mol. The molecule has 5 aromatic carbocycles. The van der Waals surface area contributed by atoms with Crippen LogP contribution in [0, 0.1) is 0 Å². The minimum Gasteiger partial charge on any atom is -0.497 e. The van der Waals surface area contributed by atoms with Gasteiger partial charge in [0.05, 0.1) is 37.4 Å². The van der Waals surface area contributed by atoms with Crippen molar-refractivity contribution in [3.63, 3.8) is 0 Å². The van der Waals surface area contributed by atoms with Gasteiger partial charge >= 0.3 is 0 Å². The minimum atomic E-state index is -0.0931. The van der Waals surface area contributed by atoms with Gasteiger partial charge in [0.15, 0.2) is 18.1 Å². The number of thiol groups is 1. The molecule has 1 aliphatic carbocycles. The van der Waals surface area contributed by atoms with E-state index in [4.69, 9.17) is 31.3 Å². The van der Waals surface area contributed by atoms with Gasteiger partial charge < -0.3 is 23.5 Å². The van der Waals surface area contributed by atoms with Crippen LogP contribution in [0.3, 0.4) is 0 Å². The first-order valence-electron chi connectivity index (χ1n) is 17.2. The van der Waals surface area contributed by atoms with Gasteiger partial charge in [-0.25, -0.2) is 0 Å². The molecule has 0 saturated carbocycles. The Morgan fingerprint density at radius 1 is 0.830 bits per heavy atom. The number of rotatable bonds is 10. The zero-order valence-corrected chi connectivity index (χ0v) is 30.4. The maximum Gasteiger partial charge on any atom is 0.263 e. The third-order valence-corrected chi connectivity index (χ3v) is 11.1. The van der Waals surface area contributed by atoms with Crippen LogP contribution in [0.5, 0.6) is 17.2 Å². The maximum absolute atomic E-state index is 13.9. The Hall–Kier alpha value is -6.03. The minimum absolute atomic E-state index is 0.0931. The first-order valence-corrected chi connectivity index (χ1v) is 18.4. The molecule has 0 fully saturated rings. The molecule has 1 aliphatic heterocycles. The molecule has 0 unspecified atom stereocenters. The van der Waals surface area contributed by atoms with E-state index < -0.39 is 0 Å². The monoisotopic (exact) mass is 733 g/mol. The highest BCUT2D eigenvalue weighted by Gasteiger charge is 2.35. The summed E-state index contributed by atoms with van der Waals surface area (Å²) in [4.78, 5) is 16.6. The van der Waals surface area contributed by atoms with Gasteiger partial charge in [-0.05, 0) is 52.2 Å². The predicted octanol–water partition coefficient (Wildman–Crippen LogP) is 9.66. The second kappa shape index (κ2) is 13.8. The molecule has 0 saturated heterocycles. The van der Waals surface area contributed by atoms with E-state index >= 15 is 0 Å². The number of anilines is 1. The van der Waals surface area contributed by atoms with E-state index in [1.165, 1.54) is 5.39 Å². The third kappa shape index (κ3) is 6.39. The van der Waals surface area contributed by atoms with Crippen molar-refractivity contribution in [1.29, 1.82) is 0 Å². The third-order valence-electron chi connectivity index (χ3n) is 9.50. The summed E-state index contributed by atoms with van der Waals surface area (Å²) in [6.45, 7) is 1.57. The number of ether oxygens (including phenoxy) is 3. The molecular formula is C44H33N2O5S2+. The molecular weight excluding hydrogens is 701 g/mol. The van der Waals surface area contributed by atoms with Crippen molar-refractivity contribution >= 4 is 62.5 Å². The van der Waals surface area contributed by atoms with Crippen molar-refractivity contribution in [2.45, 2.75) is 19.7 Å². The number of allylic oxidation sites excluding steroid dienone is 3. The Morgan fingerprint density at radius 2 is 1.66 bits per heavy atom. The smallest absolute Gasteiger partial charge is 0.263 e. The van der Waals surface area contributed by atoms with E-state index in [9.17, 15) is 4.79 Å². The molecule has 0 amide bonds. The van der Waals surface area contributed by atoms with E-state index in [0.717, 1.165) is 48.7 Å². The van der Waals surface area contributed by atoms with Gasteiger partial charge in [-0.1, -0.05) is 78.1 Å². The van der Waals surface area contributed by atoms with Crippen molar-refractivity contribution < 1.29 is 28.0 Å². The fraction of sp³-hybridized carbons (Fsp3) is 0.0909. The molecule has 0 bridgehead atoms. The number of aromatic nitrogens is 1. The first-order chi connectivity index (χ1) is 26.0. The Kier molecular flexibility index (Phi) is 8.58. The van der Waals surface area contributed by atoms with E-state index in [2.05, 4.69) is 39.8 Å². The quantitative estimate of drug-likeness (QED) is 0.0859. The highest BCUT2D eigenvalue weighted by atomic mass is 32.1. The van der Waals surface area contributed by atoms with Gasteiger partial charge in [-0.2, -0.15) is 4.57 Å². The van der Waals surface area contributed by atoms with Crippen LogP contribution in [0.4, 0.5) is 5.69 Å². The normalized spacial score (nSPS) is 15.4. The van der Waals surface area contributed by atoms with Crippen molar-refractivity contribution in [3.8, 4) is 17.2 Å². The molecule has 9 heteroatoms. The number of hydrogen-bond donors (Lipinski definition) is 1. The number of methoxy groups -OCH3 is 1. The lowest BCUT2D eigenvalue weighted by molar-refractivity contribution is -0.659.